The quantitative estimate of drug-likeness (QED) is 0.278. The molecule has 2 aromatic carbocycles. The molecule has 0 aliphatic heterocycles. The van der Waals surface area contributed by atoms with E-state index in [-0.39, 0.29) is 12.0 Å². The Kier molecular flexibility index (Phi) is 7.47. The number of hydrazone groups is 1. The monoisotopic (exact) mass is 413 g/mol. The standard InChI is InChI=1S/C19H19F4N3OS/c1-3-4-17(13-5-10-18(27-2)16(20)11-13)26(25-12-19(21,22)23)14-6-8-15(28-24)9-7-14/h4-12H,3,24H2,1-2H3/b17-4-,25-12+. The molecule has 2 N–H and O–H groups in total. The van der Waals surface area contributed by atoms with Crippen molar-refractivity contribution < 1.29 is 22.3 Å². The molecule has 0 aliphatic rings. The Morgan fingerprint density at radius 1 is 1.21 bits per heavy atom. The van der Waals surface area contributed by atoms with Crippen LogP contribution in [0.2, 0.25) is 0 Å². The largest absolute Gasteiger partial charge is 0.494 e. The summed E-state index contributed by atoms with van der Waals surface area (Å²) < 4.78 is 57.4. The summed E-state index contributed by atoms with van der Waals surface area (Å²) in [5.74, 6) is -0.592. The predicted molar refractivity (Wildman–Crippen MR) is 105 cm³/mol. The second-order valence-electron chi connectivity index (χ2n) is 5.56. The van der Waals surface area contributed by atoms with Crippen LogP contribution in [-0.2, 0) is 0 Å². The number of methoxy groups -OCH3 is 1. The summed E-state index contributed by atoms with van der Waals surface area (Å²) in [6, 6.07) is 10.7. The number of alkyl halides is 3. The third kappa shape index (κ3) is 5.74. The van der Waals surface area contributed by atoms with Crippen molar-refractivity contribution in [3.8, 4) is 5.75 Å². The molecule has 150 valence electrons. The summed E-state index contributed by atoms with van der Waals surface area (Å²) in [7, 11) is 1.33. The highest BCUT2D eigenvalue weighted by Crippen LogP contribution is 2.31. The van der Waals surface area contributed by atoms with Gasteiger partial charge < -0.3 is 4.74 Å². The van der Waals surface area contributed by atoms with Crippen LogP contribution in [0.25, 0.3) is 5.70 Å². The second kappa shape index (κ2) is 9.61. The highest BCUT2D eigenvalue weighted by atomic mass is 32.2. The van der Waals surface area contributed by atoms with E-state index in [1.165, 1.54) is 19.2 Å². The van der Waals surface area contributed by atoms with Crippen molar-refractivity contribution in [1.82, 2.24) is 0 Å². The summed E-state index contributed by atoms with van der Waals surface area (Å²) in [4.78, 5) is 0.736. The van der Waals surface area contributed by atoms with Crippen molar-refractivity contribution in [3.05, 3.63) is 59.9 Å². The SMILES string of the molecule is CC/C=C(/c1ccc(OC)c(F)c1)N(/N=C/C(F)(F)F)c1ccc(SN)cc1. The van der Waals surface area contributed by atoms with Crippen LogP contribution < -0.4 is 14.9 Å². The Labute approximate surface area is 164 Å². The molecule has 28 heavy (non-hydrogen) atoms. The number of benzene rings is 2. The zero-order valence-corrected chi connectivity index (χ0v) is 16.0. The van der Waals surface area contributed by atoms with Crippen LogP contribution in [0.15, 0.2) is 58.5 Å². The number of nitrogens with two attached hydrogens (primary N) is 1. The molecule has 0 bridgehead atoms. The number of nitrogens with zero attached hydrogens (tertiary/aromatic N) is 2. The molecule has 0 amide bonds. The zero-order valence-electron chi connectivity index (χ0n) is 15.2. The first-order valence-electron chi connectivity index (χ1n) is 8.22. The van der Waals surface area contributed by atoms with E-state index in [1.807, 2.05) is 6.92 Å². The van der Waals surface area contributed by atoms with E-state index < -0.39 is 12.0 Å². The summed E-state index contributed by atoms with van der Waals surface area (Å²) >= 11 is 1.01. The van der Waals surface area contributed by atoms with Crippen LogP contribution in [-0.4, -0.2) is 19.5 Å². The Hall–Kier alpha value is -2.52. The lowest BCUT2D eigenvalue weighted by Gasteiger charge is -2.23. The molecule has 0 radical (unpaired) electrons. The van der Waals surface area contributed by atoms with Crippen LogP contribution >= 0.6 is 11.9 Å². The van der Waals surface area contributed by atoms with Crippen molar-refractivity contribution in [2.75, 3.05) is 12.1 Å². The molecular weight excluding hydrogens is 394 g/mol. The molecule has 9 heteroatoms. The fourth-order valence-electron chi connectivity index (χ4n) is 2.40. The van der Waals surface area contributed by atoms with Crippen molar-refractivity contribution >= 4 is 29.5 Å². The van der Waals surface area contributed by atoms with E-state index >= 15 is 0 Å². The lowest BCUT2D eigenvalue weighted by molar-refractivity contribution is -0.0537. The fraction of sp³-hybridized carbons (Fsp3) is 0.211. The molecule has 0 spiro atoms. The van der Waals surface area contributed by atoms with E-state index in [4.69, 9.17) is 9.88 Å². The average molecular weight is 413 g/mol. The highest BCUT2D eigenvalue weighted by molar-refractivity contribution is 7.97. The second-order valence-corrected chi connectivity index (χ2v) is 6.26. The fourth-order valence-corrected chi connectivity index (χ4v) is 2.70. The van der Waals surface area contributed by atoms with Crippen molar-refractivity contribution in [2.24, 2.45) is 10.2 Å². The van der Waals surface area contributed by atoms with Gasteiger partial charge in [-0.1, -0.05) is 13.0 Å². The first-order valence-corrected chi connectivity index (χ1v) is 9.10. The van der Waals surface area contributed by atoms with E-state index in [2.05, 4.69) is 5.10 Å². The van der Waals surface area contributed by atoms with E-state index in [1.54, 1.807) is 36.4 Å². The molecule has 0 atom stereocenters. The molecule has 2 aromatic rings. The predicted octanol–water partition coefficient (Wildman–Crippen LogP) is 5.61. The topological polar surface area (TPSA) is 50.8 Å². The first-order chi connectivity index (χ1) is 13.3. The summed E-state index contributed by atoms with van der Waals surface area (Å²) in [6.07, 6.45) is -2.55. The van der Waals surface area contributed by atoms with Gasteiger partial charge in [0.25, 0.3) is 0 Å². The van der Waals surface area contributed by atoms with Gasteiger partial charge in [-0.15, -0.1) is 0 Å². The highest BCUT2D eigenvalue weighted by Gasteiger charge is 2.25. The first kappa shape index (κ1) is 21.8. The van der Waals surface area contributed by atoms with E-state index in [0.717, 1.165) is 21.9 Å². The minimum absolute atomic E-state index is 0.0364. The van der Waals surface area contributed by atoms with Gasteiger partial charge in [0.05, 0.1) is 18.5 Å². The van der Waals surface area contributed by atoms with Gasteiger partial charge in [-0.05, 0) is 60.8 Å². The Morgan fingerprint density at radius 2 is 1.89 bits per heavy atom. The molecule has 0 unspecified atom stereocenters. The van der Waals surface area contributed by atoms with Crippen LogP contribution in [0.5, 0.6) is 5.75 Å². The normalized spacial score (nSPS) is 12.5. The number of allylic oxidation sites excluding steroid dienone is 1. The smallest absolute Gasteiger partial charge is 0.428 e. The third-order valence-electron chi connectivity index (χ3n) is 3.61. The lowest BCUT2D eigenvalue weighted by atomic mass is 10.1. The average Bonchev–Trinajstić information content (AvgIpc) is 2.67. The van der Waals surface area contributed by atoms with Gasteiger partial charge in [-0.25, -0.2) is 9.40 Å². The number of hydrogen-bond donors (Lipinski definition) is 1. The molecular formula is C19H19F4N3OS. The maximum absolute atomic E-state index is 14.2. The van der Waals surface area contributed by atoms with Crippen LogP contribution in [0.1, 0.15) is 18.9 Å². The number of anilines is 1. The zero-order chi connectivity index (χ0) is 20.7. The third-order valence-corrected chi connectivity index (χ3v) is 4.15. The van der Waals surface area contributed by atoms with Crippen LogP contribution in [0, 0.1) is 5.82 Å². The van der Waals surface area contributed by atoms with Crippen molar-refractivity contribution in [3.63, 3.8) is 0 Å². The van der Waals surface area contributed by atoms with Gasteiger partial charge in [0.1, 0.15) is 6.21 Å². The van der Waals surface area contributed by atoms with Crippen molar-refractivity contribution in [1.29, 1.82) is 0 Å². The summed E-state index contributed by atoms with van der Waals surface area (Å²) in [5.41, 5.74) is 1.03. The molecule has 2 rings (SSSR count). The molecule has 4 nitrogen and oxygen atoms in total. The van der Waals surface area contributed by atoms with Crippen LogP contribution in [0.4, 0.5) is 23.2 Å². The maximum Gasteiger partial charge on any atom is 0.428 e. The van der Waals surface area contributed by atoms with Gasteiger partial charge in [-0.3, -0.25) is 5.14 Å². The van der Waals surface area contributed by atoms with Gasteiger partial charge in [-0.2, -0.15) is 18.3 Å². The van der Waals surface area contributed by atoms with E-state index in [9.17, 15) is 17.6 Å². The number of ether oxygens (including phenoxy) is 1. The van der Waals surface area contributed by atoms with Gasteiger partial charge in [0, 0.05) is 10.5 Å². The number of halogens is 4. The lowest BCUT2D eigenvalue weighted by Crippen LogP contribution is -2.19. The minimum Gasteiger partial charge on any atom is -0.494 e. The van der Waals surface area contributed by atoms with Gasteiger partial charge in [0.2, 0.25) is 0 Å². The van der Waals surface area contributed by atoms with Gasteiger partial charge >= 0.3 is 6.18 Å². The molecule has 0 aliphatic carbocycles. The van der Waals surface area contributed by atoms with Crippen molar-refractivity contribution in [2.45, 2.75) is 24.4 Å². The van der Waals surface area contributed by atoms with Crippen LogP contribution in [0.3, 0.4) is 0 Å². The van der Waals surface area contributed by atoms with Gasteiger partial charge in [0.15, 0.2) is 11.6 Å². The minimum atomic E-state index is -4.60. The molecule has 0 saturated heterocycles. The molecule has 0 aromatic heterocycles. The maximum atomic E-state index is 14.2. The summed E-state index contributed by atoms with van der Waals surface area (Å²) in [5, 5.41) is 10.2. The van der Waals surface area contributed by atoms with E-state index in [0.29, 0.717) is 23.4 Å². The number of hydrogen-bond acceptors (Lipinski definition) is 5. The Morgan fingerprint density at radius 3 is 2.39 bits per heavy atom. The number of rotatable bonds is 7. The molecule has 0 saturated carbocycles. The Balaban J connectivity index is 2.57. The molecule has 0 heterocycles. The summed E-state index contributed by atoms with van der Waals surface area (Å²) in [6.45, 7) is 1.82. The Bertz CT molecular complexity index is 851. The molecule has 0 fully saturated rings.